The van der Waals surface area contributed by atoms with Gasteiger partial charge >= 0.3 is 5.69 Å². The highest BCUT2D eigenvalue weighted by Crippen LogP contribution is 2.15. The number of aromatic amines is 1. The van der Waals surface area contributed by atoms with Crippen LogP contribution < -0.4 is 16.1 Å². The molecule has 3 aromatic rings. The molecule has 0 radical (unpaired) electrons. The van der Waals surface area contributed by atoms with Crippen LogP contribution in [0.4, 0.5) is 5.69 Å². The molecule has 0 saturated carbocycles. The molecule has 0 atom stereocenters. The van der Waals surface area contributed by atoms with Crippen molar-refractivity contribution in [2.75, 3.05) is 26.3 Å². The smallest absolute Gasteiger partial charge is 0.331 e. The summed E-state index contributed by atoms with van der Waals surface area (Å²) >= 11 is 0. The number of hydrogen-bond donors (Lipinski definition) is 3. The van der Waals surface area contributed by atoms with Gasteiger partial charge in [-0.2, -0.15) is 0 Å². The van der Waals surface area contributed by atoms with Crippen LogP contribution in [0.25, 0.3) is 0 Å². The molecular weight excluding hydrogens is 396 g/mol. The largest absolute Gasteiger partial charge is 0.494 e. The highest BCUT2D eigenvalue weighted by atomic mass is 16.5. The van der Waals surface area contributed by atoms with Gasteiger partial charge in [0.2, 0.25) is 5.88 Å². The summed E-state index contributed by atoms with van der Waals surface area (Å²) in [6.07, 6.45) is 1.29. The van der Waals surface area contributed by atoms with E-state index in [4.69, 9.17) is 4.74 Å². The van der Waals surface area contributed by atoms with Crippen LogP contribution in [-0.4, -0.2) is 47.2 Å². The van der Waals surface area contributed by atoms with Gasteiger partial charge in [-0.1, -0.05) is 42.5 Å². The van der Waals surface area contributed by atoms with Crippen LogP contribution in [0.15, 0.2) is 69.2 Å². The maximum Gasteiger partial charge on any atom is 0.331 e. The minimum Gasteiger partial charge on any atom is -0.494 e. The third-order valence-corrected chi connectivity index (χ3v) is 5.32. The Bertz CT molecular complexity index is 1160. The fraction of sp³-hybridized carbons (Fsp3) is 0.261. The molecule has 0 unspecified atom stereocenters. The summed E-state index contributed by atoms with van der Waals surface area (Å²) in [5.41, 5.74) is 1.28. The first-order chi connectivity index (χ1) is 15.1. The van der Waals surface area contributed by atoms with Crippen molar-refractivity contribution in [3.8, 4) is 5.88 Å². The molecule has 0 spiro atoms. The molecule has 0 amide bonds. The van der Waals surface area contributed by atoms with Gasteiger partial charge in [0.15, 0.2) is 0 Å². The summed E-state index contributed by atoms with van der Waals surface area (Å²) < 4.78 is 6.51. The van der Waals surface area contributed by atoms with E-state index in [2.05, 4.69) is 9.98 Å². The van der Waals surface area contributed by atoms with Crippen LogP contribution in [0.5, 0.6) is 5.88 Å². The molecule has 4 rings (SSSR count). The fourth-order valence-corrected chi connectivity index (χ4v) is 3.57. The van der Waals surface area contributed by atoms with Crippen LogP contribution in [-0.2, 0) is 17.8 Å². The Morgan fingerprint density at radius 3 is 2.45 bits per heavy atom. The second-order valence-corrected chi connectivity index (χ2v) is 7.53. The minimum absolute atomic E-state index is 0.0580. The zero-order valence-corrected chi connectivity index (χ0v) is 17.1. The van der Waals surface area contributed by atoms with E-state index in [0.29, 0.717) is 5.69 Å². The molecule has 1 aliphatic heterocycles. The van der Waals surface area contributed by atoms with Crippen LogP contribution in [0, 0.1) is 0 Å². The van der Waals surface area contributed by atoms with Gasteiger partial charge in [0.25, 0.3) is 5.56 Å². The van der Waals surface area contributed by atoms with Crippen molar-refractivity contribution in [2.24, 2.45) is 4.99 Å². The number of H-pyrrole nitrogens is 1. The number of ether oxygens (including phenoxy) is 1. The van der Waals surface area contributed by atoms with Crippen molar-refractivity contribution >= 4 is 11.9 Å². The van der Waals surface area contributed by atoms with E-state index in [9.17, 15) is 14.7 Å². The number of aromatic nitrogens is 2. The lowest BCUT2D eigenvalue weighted by Gasteiger charge is -2.23. The fourth-order valence-electron chi connectivity index (χ4n) is 3.57. The molecule has 1 aromatic heterocycles. The van der Waals surface area contributed by atoms with Gasteiger partial charge in [-0.15, -0.1) is 0 Å². The summed E-state index contributed by atoms with van der Waals surface area (Å²) in [5, 5.41) is 10.6. The Balaban J connectivity index is 1.52. The Morgan fingerprint density at radius 1 is 1.03 bits per heavy atom. The van der Waals surface area contributed by atoms with Crippen LogP contribution in [0.1, 0.15) is 16.7 Å². The molecule has 2 heterocycles. The van der Waals surface area contributed by atoms with Crippen molar-refractivity contribution in [2.45, 2.75) is 13.1 Å². The number of aliphatic imine (C=N–C) groups is 1. The van der Waals surface area contributed by atoms with E-state index in [1.807, 2.05) is 54.6 Å². The van der Waals surface area contributed by atoms with E-state index in [1.165, 1.54) is 16.7 Å². The number of hydrogen-bond acceptors (Lipinski definition) is 5. The molecule has 2 aromatic carbocycles. The SMILES string of the molecule is O=c1[nH]c(=O)n(Cc2ccccc2)c(O)c1C=Nc1ccc(C[NH+]2CCOCC2)cc1. The molecule has 8 heteroatoms. The third-order valence-electron chi connectivity index (χ3n) is 5.32. The topological polar surface area (TPSA) is 101 Å². The second kappa shape index (κ2) is 9.55. The van der Waals surface area contributed by atoms with Crippen LogP contribution >= 0.6 is 0 Å². The Kier molecular flexibility index (Phi) is 6.40. The van der Waals surface area contributed by atoms with Gasteiger partial charge in [-0.3, -0.25) is 19.3 Å². The summed E-state index contributed by atoms with van der Waals surface area (Å²) in [5.74, 6) is -0.408. The number of rotatable bonds is 6. The highest BCUT2D eigenvalue weighted by molar-refractivity contribution is 5.84. The maximum atomic E-state index is 12.2. The Morgan fingerprint density at radius 2 is 1.74 bits per heavy atom. The molecule has 160 valence electrons. The predicted octanol–water partition coefficient (Wildman–Crippen LogP) is 0.456. The number of quaternary nitrogens is 1. The average Bonchev–Trinajstić information content (AvgIpc) is 2.79. The molecule has 1 fully saturated rings. The van der Waals surface area contributed by atoms with Gasteiger partial charge < -0.3 is 14.7 Å². The van der Waals surface area contributed by atoms with E-state index < -0.39 is 17.1 Å². The quantitative estimate of drug-likeness (QED) is 0.503. The van der Waals surface area contributed by atoms with Crippen molar-refractivity contribution in [3.05, 3.63) is 92.1 Å². The monoisotopic (exact) mass is 421 g/mol. The van der Waals surface area contributed by atoms with Crippen LogP contribution in [0.3, 0.4) is 0 Å². The predicted molar refractivity (Wildman–Crippen MR) is 117 cm³/mol. The zero-order valence-electron chi connectivity index (χ0n) is 17.1. The van der Waals surface area contributed by atoms with Crippen LogP contribution in [0.2, 0.25) is 0 Å². The van der Waals surface area contributed by atoms with E-state index in [-0.39, 0.29) is 12.1 Å². The van der Waals surface area contributed by atoms with Gasteiger partial charge in [-0.05, 0) is 17.7 Å². The summed E-state index contributed by atoms with van der Waals surface area (Å²) in [6.45, 7) is 4.66. The third kappa shape index (κ3) is 5.17. The molecule has 8 nitrogen and oxygen atoms in total. The van der Waals surface area contributed by atoms with Crippen molar-refractivity contribution < 1.29 is 14.7 Å². The van der Waals surface area contributed by atoms with Gasteiger partial charge in [-0.25, -0.2) is 4.79 Å². The van der Waals surface area contributed by atoms with E-state index in [0.717, 1.165) is 43.0 Å². The number of nitrogens with zero attached hydrogens (tertiary/aromatic N) is 2. The first-order valence-electron chi connectivity index (χ1n) is 10.2. The highest BCUT2D eigenvalue weighted by Gasteiger charge is 2.15. The summed E-state index contributed by atoms with van der Waals surface area (Å²) in [6, 6.07) is 17.0. The van der Waals surface area contributed by atoms with Crippen molar-refractivity contribution in [3.63, 3.8) is 0 Å². The Labute approximate surface area is 179 Å². The van der Waals surface area contributed by atoms with Gasteiger partial charge in [0, 0.05) is 11.8 Å². The average molecular weight is 421 g/mol. The summed E-state index contributed by atoms with van der Waals surface area (Å²) in [4.78, 5) is 32.5. The lowest BCUT2D eigenvalue weighted by Crippen LogP contribution is -3.12. The molecule has 0 aliphatic carbocycles. The number of aromatic hydroxyl groups is 1. The molecule has 1 aliphatic rings. The van der Waals surface area contributed by atoms with E-state index in [1.54, 1.807) is 0 Å². The molecular formula is C23H25N4O4+. The Hall–Kier alpha value is -3.49. The number of benzene rings is 2. The first kappa shape index (κ1) is 20.8. The zero-order chi connectivity index (χ0) is 21.6. The van der Waals surface area contributed by atoms with Gasteiger partial charge in [0.1, 0.15) is 25.2 Å². The number of morpholine rings is 1. The van der Waals surface area contributed by atoms with Crippen molar-refractivity contribution in [1.29, 1.82) is 0 Å². The first-order valence-corrected chi connectivity index (χ1v) is 10.2. The molecule has 0 bridgehead atoms. The standard InChI is InChI=1S/C23H24N4O4/c28-21-20(22(29)27(23(30)25-21)16-17-4-2-1-3-5-17)14-24-19-8-6-18(7-9-19)15-26-10-12-31-13-11-26/h1-9,14,29H,10-13,15-16H2,(H,25,28,30)/p+1. The van der Waals surface area contributed by atoms with Gasteiger partial charge in [0.05, 0.1) is 25.4 Å². The normalized spacial score (nSPS) is 14.8. The molecule has 1 saturated heterocycles. The lowest BCUT2D eigenvalue weighted by atomic mass is 10.2. The number of nitrogens with one attached hydrogen (secondary N) is 2. The minimum atomic E-state index is -0.678. The maximum absolute atomic E-state index is 12.2. The summed E-state index contributed by atoms with van der Waals surface area (Å²) in [7, 11) is 0. The molecule has 31 heavy (non-hydrogen) atoms. The molecule has 3 N–H and O–H groups in total. The second-order valence-electron chi connectivity index (χ2n) is 7.53. The van der Waals surface area contributed by atoms with Crippen molar-refractivity contribution in [1.82, 2.24) is 9.55 Å². The van der Waals surface area contributed by atoms with E-state index >= 15 is 0 Å². The lowest BCUT2D eigenvalue weighted by molar-refractivity contribution is -0.921.